The molecule has 0 fully saturated rings. The number of hydrogen-bond acceptors (Lipinski definition) is 5. The van der Waals surface area contributed by atoms with Gasteiger partial charge in [-0.1, -0.05) is 23.4 Å². The fraction of sp³-hybridized carbons (Fsp3) is 0.462. The monoisotopic (exact) mass is 261 g/mol. The molecule has 1 unspecified atom stereocenters. The van der Waals surface area contributed by atoms with E-state index in [4.69, 9.17) is 4.74 Å². The Bertz CT molecular complexity index is 497. The Hall–Kier alpha value is -1.95. The van der Waals surface area contributed by atoms with Crippen LogP contribution in [-0.4, -0.2) is 26.7 Å². The second kappa shape index (κ2) is 6.29. The minimum Gasteiger partial charge on any atom is -0.491 e. The molecule has 0 saturated heterocycles. The first-order valence-corrected chi connectivity index (χ1v) is 6.38. The van der Waals surface area contributed by atoms with Crippen LogP contribution in [0.2, 0.25) is 0 Å². The van der Waals surface area contributed by atoms with E-state index in [-0.39, 0.29) is 12.1 Å². The van der Waals surface area contributed by atoms with Crippen molar-refractivity contribution in [2.75, 3.05) is 0 Å². The smallest absolute Gasteiger partial charge is 0.191 e. The van der Waals surface area contributed by atoms with Gasteiger partial charge in [0.2, 0.25) is 0 Å². The average Bonchev–Trinajstić information content (AvgIpc) is 2.90. The Kier molecular flexibility index (Phi) is 4.46. The molecule has 0 aliphatic rings. The highest BCUT2D eigenvalue weighted by molar-refractivity contribution is 5.33. The van der Waals surface area contributed by atoms with Crippen LogP contribution < -0.4 is 10.1 Å². The third-order valence-corrected chi connectivity index (χ3v) is 2.68. The largest absolute Gasteiger partial charge is 0.491 e. The van der Waals surface area contributed by atoms with Gasteiger partial charge in [0.15, 0.2) is 5.82 Å². The average molecular weight is 261 g/mol. The van der Waals surface area contributed by atoms with Gasteiger partial charge in [-0.15, -0.1) is 10.2 Å². The van der Waals surface area contributed by atoms with Gasteiger partial charge in [0.05, 0.1) is 12.1 Å². The summed E-state index contributed by atoms with van der Waals surface area (Å²) < 4.78 is 5.78. The number of nitrogens with zero attached hydrogens (tertiary/aromatic N) is 3. The second-order valence-electron chi connectivity index (χ2n) is 4.65. The SMILES string of the molecule is CC(C)Oc1ccccc1CNC(C)c1nn[nH]n1. The van der Waals surface area contributed by atoms with E-state index < -0.39 is 0 Å². The predicted octanol–water partition coefficient (Wildman–Crippen LogP) is 1.84. The number of nitrogens with one attached hydrogen (secondary N) is 2. The highest BCUT2D eigenvalue weighted by Crippen LogP contribution is 2.20. The lowest BCUT2D eigenvalue weighted by Gasteiger charge is -2.16. The van der Waals surface area contributed by atoms with E-state index in [1.807, 2.05) is 45.0 Å². The molecule has 0 spiro atoms. The molecule has 0 aliphatic heterocycles. The predicted molar refractivity (Wildman–Crippen MR) is 71.6 cm³/mol. The molecule has 0 bridgehead atoms. The second-order valence-corrected chi connectivity index (χ2v) is 4.65. The van der Waals surface area contributed by atoms with Gasteiger partial charge in [-0.05, 0) is 26.8 Å². The van der Waals surface area contributed by atoms with Crippen molar-refractivity contribution in [1.29, 1.82) is 0 Å². The zero-order chi connectivity index (χ0) is 13.7. The molecule has 1 heterocycles. The summed E-state index contributed by atoms with van der Waals surface area (Å²) in [5.41, 5.74) is 1.12. The first-order chi connectivity index (χ1) is 9.16. The topological polar surface area (TPSA) is 75.7 Å². The third kappa shape index (κ3) is 3.75. The van der Waals surface area contributed by atoms with Crippen molar-refractivity contribution >= 4 is 0 Å². The van der Waals surface area contributed by atoms with Gasteiger partial charge in [0.25, 0.3) is 0 Å². The van der Waals surface area contributed by atoms with Crippen LogP contribution >= 0.6 is 0 Å². The van der Waals surface area contributed by atoms with Crippen LogP contribution in [0.25, 0.3) is 0 Å². The molecule has 0 amide bonds. The molecule has 2 rings (SSSR count). The summed E-state index contributed by atoms with van der Waals surface area (Å²) >= 11 is 0. The maximum atomic E-state index is 5.78. The number of benzene rings is 1. The van der Waals surface area contributed by atoms with Crippen molar-refractivity contribution in [2.24, 2.45) is 0 Å². The molecule has 102 valence electrons. The zero-order valence-corrected chi connectivity index (χ0v) is 11.4. The van der Waals surface area contributed by atoms with Crippen LogP contribution in [-0.2, 0) is 6.54 Å². The lowest BCUT2D eigenvalue weighted by Crippen LogP contribution is -2.20. The Balaban J connectivity index is 1.99. The van der Waals surface area contributed by atoms with Crippen LogP contribution in [0.5, 0.6) is 5.75 Å². The molecule has 0 saturated carbocycles. The number of H-pyrrole nitrogens is 1. The van der Waals surface area contributed by atoms with Gasteiger partial charge in [-0.3, -0.25) is 0 Å². The van der Waals surface area contributed by atoms with E-state index in [9.17, 15) is 0 Å². The Morgan fingerprint density at radius 3 is 2.74 bits per heavy atom. The van der Waals surface area contributed by atoms with E-state index in [1.54, 1.807) is 0 Å². The lowest BCUT2D eigenvalue weighted by molar-refractivity contribution is 0.239. The van der Waals surface area contributed by atoms with Gasteiger partial charge < -0.3 is 10.1 Å². The van der Waals surface area contributed by atoms with E-state index in [0.29, 0.717) is 12.4 Å². The minimum atomic E-state index is 0.0332. The van der Waals surface area contributed by atoms with E-state index >= 15 is 0 Å². The van der Waals surface area contributed by atoms with Gasteiger partial charge >= 0.3 is 0 Å². The van der Waals surface area contributed by atoms with E-state index in [0.717, 1.165) is 11.3 Å². The van der Waals surface area contributed by atoms with Crippen molar-refractivity contribution in [2.45, 2.75) is 39.5 Å². The zero-order valence-electron chi connectivity index (χ0n) is 11.4. The molecular formula is C13H19N5O. The number of aromatic amines is 1. The molecule has 19 heavy (non-hydrogen) atoms. The molecule has 0 radical (unpaired) electrons. The van der Waals surface area contributed by atoms with E-state index in [2.05, 4.69) is 25.9 Å². The Labute approximate surface area is 112 Å². The number of para-hydroxylation sites is 1. The Morgan fingerprint density at radius 1 is 1.26 bits per heavy atom. The summed E-state index contributed by atoms with van der Waals surface area (Å²) in [6.07, 6.45) is 0.163. The van der Waals surface area contributed by atoms with Gasteiger partial charge in [0.1, 0.15) is 5.75 Å². The van der Waals surface area contributed by atoms with Gasteiger partial charge in [-0.25, -0.2) is 0 Å². The summed E-state index contributed by atoms with van der Waals surface area (Å²) in [6, 6.07) is 8.04. The van der Waals surface area contributed by atoms with Crippen LogP contribution in [0.1, 0.15) is 38.2 Å². The first-order valence-electron chi connectivity index (χ1n) is 6.38. The number of aromatic nitrogens is 4. The van der Waals surface area contributed by atoms with Crippen LogP contribution in [0.4, 0.5) is 0 Å². The standard InChI is InChI=1S/C13H19N5O/c1-9(2)19-12-7-5-4-6-11(12)8-14-10(3)13-15-17-18-16-13/h4-7,9-10,14H,8H2,1-3H3,(H,15,16,17,18). The maximum Gasteiger partial charge on any atom is 0.191 e. The molecule has 1 aromatic heterocycles. The lowest BCUT2D eigenvalue weighted by atomic mass is 10.2. The van der Waals surface area contributed by atoms with Crippen molar-refractivity contribution in [3.63, 3.8) is 0 Å². The molecule has 6 nitrogen and oxygen atoms in total. The number of ether oxygens (including phenoxy) is 1. The third-order valence-electron chi connectivity index (χ3n) is 2.68. The fourth-order valence-electron chi connectivity index (χ4n) is 1.73. The highest BCUT2D eigenvalue weighted by atomic mass is 16.5. The van der Waals surface area contributed by atoms with Crippen molar-refractivity contribution < 1.29 is 4.74 Å². The maximum absolute atomic E-state index is 5.78. The minimum absolute atomic E-state index is 0.0332. The van der Waals surface area contributed by atoms with Crippen molar-refractivity contribution in [3.8, 4) is 5.75 Å². The number of tetrazole rings is 1. The summed E-state index contributed by atoms with van der Waals surface area (Å²) in [4.78, 5) is 0. The van der Waals surface area contributed by atoms with Gasteiger partial charge in [0, 0.05) is 12.1 Å². The number of rotatable bonds is 6. The summed E-state index contributed by atoms with van der Waals surface area (Å²) in [5.74, 6) is 1.56. The van der Waals surface area contributed by atoms with Crippen molar-refractivity contribution in [1.82, 2.24) is 25.9 Å². The highest BCUT2D eigenvalue weighted by Gasteiger charge is 2.11. The molecule has 0 aliphatic carbocycles. The van der Waals surface area contributed by atoms with Gasteiger partial charge in [-0.2, -0.15) is 5.21 Å². The molecule has 1 atom stereocenters. The molecule has 2 aromatic rings. The normalized spacial score (nSPS) is 12.6. The molecule has 2 N–H and O–H groups in total. The quantitative estimate of drug-likeness (QED) is 0.829. The van der Waals surface area contributed by atoms with Crippen LogP contribution in [0.15, 0.2) is 24.3 Å². The summed E-state index contributed by atoms with van der Waals surface area (Å²) in [6.45, 7) is 6.73. The summed E-state index contributed by atoms with van der Waals surface area (Å²) in [5, 5.41) is 17.3. The van der Waals surface area contributed by atoms with Crippen LogP contribution in [0, 0.1) is 0 Å². The fourth-order valence-corrected chi connectivity index (χ4v) is 1.73. The van der Waals surface area contributed by atoms with Crippen molar-refractivity contribution in [3.05, 3.63) is 35.7 Å². The molecular weight excluding hydrogens is 242 g/mol. The van der Waals surface area contributed by atoms with E-state index in [1.165, 1.54) is 0 Å². The summed E-state index contributed by atoms with van der Waals surface area (Å²) in [7, 11) is 0. The Morgan fingerprint density at radius 2 is 2.05 bits per heavy atom. The number of hydrogen-bond donors (Lipinski definition) is 2. The first kappa shape index (κ1) is 13.5. The molecule has 1 aromatic carbocycles. The molecule has 6 heteroatoms. The van der Waals surface area contributed by atoms with Crippen LogP contribution in [0.3, 0.4) is 0 Å².